The Kier molecular flexibility index (Phi) is 5.67. The van der Waals surface area contributed by atoms with Crippen LogP contribution in [0.5, 0.6) is 5.75 Å². The van der Waals surface area contributed by atoms with Gasteiger partial charge in [0.25, 0.3) is 0 Å². The number of nitrogens with zero attached hydrogens (tertiary/aromatic N) is 1. The Hall–Kier alpha value is -1.06. The summed E-state index contributed by atoms with van der Waals surface area (Å²) < 4.78 is 5.73. The maximum absolute atomic E-state index is 6.08. The van der Waals surface area contributed by atoms with Crippen molar-refractivity contribution in [3.8, 4) is 5.75 Å². The average molecular weight is 262 g/mol. The van der Waals surface area contributed by atoms with Crippen LogP contribution in [-0.4, -0.2) is 36.7 Å². The van der Waals surface area contributed by atoms with Crippen molar-refractivity contribution >= 4 is 0 Å². The lowest BCUT2D eigenvalue weighted by molar-refractivity contribution is 0.122. The Balaban J connectivity index is 1.69. The molecule has 1 saturated heterocycles. The Morgan fingerprint density at radius 3 is 2.84 bits per heavy atom. The fourth-order valence-electron chi connectivity index (χ4n) is 2.86. The standard InChI is InChI=1S/C16H26N2O/c1-14(17)16-10-5-6-11-18(16)12-7-13-19-15-8-3-2-4-9-15/h2-4,8-9,14,16H,5-7,10-13,17H2,1H3. The third kappa shape index (κ3) is 4.51. The van der Waals surface area contributed by atoms with Gasteiger partial charge in [0.15, 0.2) is 0 Å². The van der Waals surface area contributed by atoms with Crippen LogP contribution in [0.2, 0.25) is 0 Å². The zero-order valence-electron chi connectivity index (χ0n) is 11.9. The number of hydrogen-bond donors (Lipinski definition) is 1. The van der Waals surface area contributed by atoms with E-state index in [2.05, 4.69) is 11.8 Å². The van der Waals surface area contributed by atoms with Gasteiger partial charge in [-0.2, -0.15) is 0 Å². The van der Waals surface area contributed by atoms with Crippen LogP contribution in [-0.2, 0) is 0 Å². The third-order valence-corrected chi connectivity index (χ3v) is 3.87. The summed E-state index contributed by atoms with van der Waals surface area (Å²) in [7, 11) is 0. The van der Waals surface area contributed by atoms with Gasteiger partial charge >= 0.3 is 0 Å². The molecule has 1 aromatic carbocycles. The van der Waals surface area contributed by atoms with Crippen molar-refractivity contribution in [2.75, 3.05) is 19.7 Å². The third-order valence-electron chi connectivity index (χ3n) is 3.87. The first-order valence-corrected chi connectivity index (χ1v) is 7.45. The SMILES string of the molecule is CC(N)C1CCCCN1CCCOc1ccccc1. The van der Waals surface area contributed by atoms with E-state index >= 15 is 0 Å². The second-order valence-electron chi connectivity index (χ2n) is 5.47. The molecule has 3 nitrogen and oxygen atoms in total. The smallest absolute Gasteiger partial charge is 0.119 e. The van der Waals surface area contributed by atoms with E-state index in [0.717, 1.165) is 25.3 Å². The topological polar surface area (TPSA) is 38.5 Å². The molecule has 0 spiro atoms. The summed E-state index contributed by atoms with van der Waals surface area (Å²) in [6.45, 7) is 5.20. The summed E-state index contributed by atoms with van der Waals surface area (Å²) in [5, 5.41) is 0. The van der Waals surface area contributed by atoms with E-state index < -0.39 is 0 Å². The van der Waals surface area contributed by atoms with Gasteiger partial charge in [0, 0.05) is 18.6 Å². The van der Waals surface area contributed by atoms with Crippen LogP contribution in [0.3, 0.4) is 0 Å². The van der Waals surface area contributed by atoms with E-state index in [-0.39, 0.29) is 6.04 Å². The van der Waals surface area contributed by atoms with Gasteiger partial charge < -0.3 is 10.5 Å². The number of piperidine rings is 1. The molecular weight excluding hydrogens is 236 g/mol. The Morgan fingerprint density at radius 2 is 2.11 bits per heavy atom. The number of ether oxygens (including phenoxy) is 1. The average Bonchev–Trinajstić information content (AvgIpc) is 2.45. The highest BCUT2D eigenvalue weighted by atomic mass is 16.5. The molecule has 3 heteroatoms. The van der Waals surface area contributed by atoms with Gasteiger partial charge in [0.2, 0.25) is 0 Å². The van der Waals surface area contributed by atoms with Crippen LogP contribution in [0.25, 0.3) is 0 Å². The molecule has 2 unspecified atom stereocenters. The second kappa shape index (κ2) is 7.51. The minimum absolute atomic E-state index is 0.273. The van der Waals surface area contributed by atoms with Crippen LogP contribution in [0.1, 0.15) is 32.6 Å². The summed E-state index contributed by atoms with van der Waals surface area (Å²) in [6, 6.07) is 10.9. The van der Waals surface area contributed by atoms with Crippen molar-refractivity contribution in [3.05, 3.63) is 30.3 Å². The lowest BCUT2D eigenvalue weighted by atomic mass is 9.97. The van der Waals surface area contributed by atoms with E-state index in [9.17, 15) is 0 Å². The zero-order chi connectivity index (χ0) is 13.5. The molecule has 2 atom stereocenters. The maximum Gasteiger partial charge on any atom is 0.119 e. The molecule has 19 heavy (non-hydrogen) atoms. The molecule has 0 aromatic heterocycles. The zero-order valence-corrected chi connectivity index (χ0v) is 11.9. The highest BCUT2D eigenvalue weighted by Crippen LogP contribution is 2.19. The number of hydrogen-bond acceptors (Lipinski definition) is 3. The fraction of sp³-hybridized carbons (Fsp3) is 0.625. The van der Waals surface area contributed by atoms with Crippen LogP contribution < -0.4 is 10.5 Å². The highest BCUT2D eigenvalue weighted by Gasteiger charge is 2.24. The number of benzene rings is 1. The largest absolute Gasteiger partial charge is 0.494 e. The Bertz CT molecular complexity index is 353. The summed E-state index contributed by atoms with van der Waals surface area (Å²) in [5.41, 5.74) is 6.08. The van der Waals surface area contributed by atoms with E-state index in [1.54, 1.807) is 0 Å². The first kappa shape index (κ1) is 14.4. The summed E-state index contributed by atoms with van der Waals surface area (Å²) in [6.07, 6.45) is 4.95. The van der Waals surface area contributed by atoms with Gasteiger partial charge in [-0.05, 0) is 44.9 Å². The molecule has 106 valence electrons. The highest BCUT2D eigenvalue weighted by molar-refractivity contribution is 5.20. The Morgan fingerprint density at radius 1 is 1.32 bits per heavy atom. The maximum atomic E-state index is 6.08. The minimum Gasteiger partial charge on any atom is -0.494 e. The summed E-state index contributed by atoms with van der Waals surface area (Å²) in [4.78, 5) is 2.54. The van der Waals surface area contributed by atoms with Crippen LogP contribution in [0.15, 0.2) is 30.3 Å². The molecule has 0 bridgehead atoms. The molecular formula is C16H26N2O. The Labute approximate surface area is 116 Å². The number of likely N-dealkylation sites (tertiary alicyclic amines) is 1. The molecule has 2 N–H and O–H groups in total. The van der Waals surface area contributed by atoms with E-state index in [1.165, 1.54) is 25.8 Å². The van der Waals surface area contributed by atoms with Crippen molar-refractivity contribution in [1.29, 1.82) is 0 Å². The molecule has 1 aliphatic rings. The molecule has 1 heterocycles. The van der Waals surface area contributed by atoms with Crippen molar-refractivity contribution in [2.45, 2.75) is 44.7 Å². The van der Waals surface area contributed by atoms with Crippen molar-refractivity contribution in [2.24, 2.45) is 5.73 Å². The molecule has 0 saturated carbocycles. The molecule has 0 amide bonds. The van der Waals surface area contributed by atoms with Crippen LogP contribution in [0, 0.1) is 0 Å². The predicted molar refractivity (Wildman–Crippen MR) is 79.4 cm³/mol. The van der Waals surface area contributed by atoms with Gasteiger partial charge in [-0.25, -0.2) is 0 Å². The van der Waals surface area contributed by atoms with E-state index in [4.69, 9.17) is 10.5 Å². The van der Waals surface area contributed by atoms with Gasteiger partial charge in [0.05, 0.1) is 6.61 Å². The minimum atomic E-state index is 0.273. The molecule has 1 aromatic rings. The van der Waals surface area contributed by atoms with Crippen LogP contribution in [0.4, 0.5) is 0 Å². The number of rotatable bonds is 6. The van der Waals surface area contributed by atoms with Gasteiger partial charge in [-0.3, -0.25) is 4.90 Å². The normalized spacial score (nSPS) is 22.1. The molecule has 1 aliphatic heterocycles. The number of para-hydroxylation sites is 1. The predicted octanol–water partition coefficient (Wildman–Crippen LogP) is 2.66. The fourth-order valence-corrected chi connectivity index (χ4v) is 2.86. The van der Waals surface area contributed by atoms with Crippen molar-refractivity contribution in [3.63, 3.8) is 0 Å². The van der Waals surface area contributed by atoms with Crippen LogP contribution >= 0.6 is 0 Å². The quantitative estimate of drug-likeness (QED) is 0.801. The monoisotopic (exact) mass is 262 g/mol. The van der Waals surface area contributed by atoms with Gasteiger partial charge in [0.1, 0.15) is 5.75 Å². The van der Waals surface area contributed by atoms with E-state index in [1.807, 2.05) is 30.3 Å². The van der Waals surface area contributed by atoms with Crippen molar-refractivity contribution < 1.29 is 4.74 Å². The summed E-state index contributed by atoms with van der Waals surface area (Å²) >= 11 is 0. The number of nitrogens with two attached hydrogens (primary N) is 1. The van der Waals surface area contributed by atoms with E-state index in [0.29, 0.717) is 6.04 Å². The van der Waals surface area contributed by atoms with Gasteiger partial charge in [-0.1, -0.05) is 24.6 Å². The first-order valence-electron chi connectivity index (χ1n) is 7.45. The van der Waals surface area contributed by atoms with Gasteiger partial charge in [-0.15, -0.1) is 0 Å². The second-order valence-corrected chi connectivity index (χ2v) is 5.47. The lowest BCUT2D eigenvalue weighted by Crippen LogP contribution is -2.49. The lowest BCUT2D eigenvalue weighted by Gasteiger charge is -2.38. The van der Waals surface area contributed by atoms with Crippen molar-refractivity contribution in [1.82, 2.24) is 4.90 Å². The first-order chi connectivity index (χ1) is 9.27. The summed E-state index contributed by atoms with van der Waals surface area (Å²) in [5.74, 6) is 0.963. The molecule has 1 fully saturated rings. The molecule has 0 aliphatic carbocycles. The molecule has 0 radical (unpaired) electrons. The molecule has 2 rings (SSSR count).